The van der Waals surface area contributed by atoms with E-state index in [0.717, 1.165) is 11.0 Å². The summed E-state index contributed by atoms with van der Waals surface area (Å²) in [6.45, 7) is 7.54. The van der Waals surface area contributed by atoms with E-state index in [9.17, 15) is 14.4 Å². The second-order valence-corrected chi connectivity index (χ2v) is 5.78. The number of carbonyl (C=O) groups is 2. The average molecular weight is 346 g/mol. The van der Waals surface area contributed by atoms with Gasteiger partial charge >= 0.3 is 5.69 Å². The molecule has 1 aromatic carbocycles. The lowest BCUT2D eigenvalue weighted by molar-refractivity contribution is -0.136. The molecule has 1 N–H and O–H groups in total. The van der Waals surface area contributed by atoms with Gasteiger partial charge in [0.05, 0.1) is 17.6 Å². The number of carbonyl (C=O) groups excluding carboxylic acids is 2. The van der Waals surface area contributed by atoms with E-state index in [-0.39, 0.29) is 30.5 Å². The number of nitrogens with one attached hydrogen (secondary N) is 1. The smallest absolute Gasteiger partial charge is 0.329 e. The van der Waals surface area contributed by atoms with E-state index in [1.807, 2.05) is 45.0 Å². The van der Waals surface area contributed by atoms with Crippen LogP contribution in [-0.4, -0.2) is 45.5 Å². The van der Waals surface area contributed by atoms with Crippen molar-refractivity contribution in [1.29, 1.82) is 0 Å². The molecule has 1 heterocycles. The number of aromatic nitrogens is 2. The summed E-state index contributed by atoms with van der Waals surface area (Å²) in [6, 6.07) is 7.58. The first-order valence-corrected chi connectivity index (χ1v) is 8.75. The fourth-order valence-corrected chi connectivity index (χ4v) is 2.96. The molecule has 0 spiro atoms. The zero-order valence-corrected chi connectivity index (χ0v) is 15.1. The van der Waals surface area contributed by atoms with Crippen LogP contribution in [0.15, 0.2) is 29.1 Å². The summed E-state index contributed by atoms with van der Waals surface area (Å²) in [5.41, 5.74) is 1.59. The number of fused-ring (bicyclic) bond motifs is 1. The SMILES string of the molecule is CCNC(=O)CN(CC)C(=O)CCn1c(=O)n(CC)c2ccccc21. The number of amides is 2. The van der Waals surface area contributed by atoms with Gasteiger partial charge in [-0.15, -0.1) is 0 Å². The molecule has 136 valence electrons. The lowest BCUT2D eigenvalue weighted by atomic mass is 10.3. The van der Waals surface area contributed by atoms with Gasteiger partial charge < -0.3 is 10.2 Å². The summed E-state index contributed by atoms with van der Waals surface area (Å²) in [6.07, 6.45) is 0.185. The van der Waals surface area contributed by atoms with Crippen molar-refractivity contribution in [2.24, 2.45) is 0 Å². The Morgan fingerprint density at radius 3 is 2.28 bits per heavy atom. The second-order valence-electron chi connectivity index (χ2n) is 5.78. The number of aryl methyl sites for hydroxylation is 2. The van der Waals surface area contributed by atoms with Crippen LogP contribution in [0.25, 0.3) is 11.0 Å². The maximum absolute atomic E-state index is 12.6. The van der Waals surface area contributed by atoms with Crippen molar-refractivity contribution in [3.8, 4) is 0 Å². The first kappa shape index (κ1) is 18.8. The van der Waals surface area contributed by atoms with Crippen LogP contribution in [0.4, 0.5) is 0 Å². The van der Waals surface area contributed by atoms with Crippen molar-refractivity contribution in [1.82, 2.24) is 19.4 Å². The zero-order chi connectivity index (χ0) is 18.4. The molecule has 1 aromatic heterocycles. The minimum Gasteiger partial charge on any atom is -0.355 e. The quantitative estimate of drug-likeness (QED) is 0.780. The molecule has 0 aliphatic rings. The Morgan fingerprint density at radius 1 is 1.08 bits per heavy atom. The van der Waals surface area contributed by atoms with E-state index in [1.54, 1.807) is 9.13 Å². The highest BCUT2D eigenvalue weighted by Crippen LogP contribution is 2.13. The van der Waals surface area contributed by atoms with E-state index >= 15 is 0 Å². The fourth-order valence-electron chi connectivity index (χ4n) is 2.96. The molecule has 0 bridgehead atoms. The first-order chi connectivity index (χ1) is 12.0. The number of rotatable bonds is 8. The van der Waals surface area contributed by atoms with Crippen LogP contribution in [0.2, 0.25) is 0 Å². The number of nitrogens with zero attached hydrogens (tertiary/aromatic N) is 3. The van der Waals surface area contributed by atoms with Crippen LogP contribution in [0.5, 0.6) is 0 Å². The van der Waals surface area contributed by atoms with Gasteiger partial charge in [-0.05, 0) is 32.9 Å². The van der Waals surface area contributed by atoms with Gasteiger partial charge in [-0.25, -0.2) is 4.79 Å². The monoisotopic (exact) mass is 346 g/mol. The van der Waals surface area contributed by atoms with Crippen molar-refractivity contribution in [2.75, 3.05) is 19.6 Å². The maximum Gasteiger partial charge on any atom is 0.329 e. The highest BCUT2D eigenvalue weighted by Gasteiger charge is 2.17. The maximum atomic E-state index is 12.6. The molecule has 7 nitrogen and oxygen atoms in total. The number of para-hydroxylation sites is 2. The van der Waals surface area contributed by atoms with Gasteiger partial charge in [-0.2, -0.15) is 0 Å². The van der Waals surface area contributed by atoms with E-state index in [4.69, 9.17) is 0 Å². The summed E-state index contributed by atoms with van der Waals surface area (Å²) < 4.78 is 3.34. The van der Waals surface area contributed by atoms with Gasteiger partial charge in [0, 0.05) is 32.6 Å². The lowest BCUT2D eigenvalue weighted by Gasteiger charge is -2.20. The third-order valence-corrected chi connectivity index (χ3v) is 4.23. The molecule has 0 radical (unpaired) electrons. The molecule has 25 heavy (non-hydrogen) atoms. The molecular formula is C18H26N4O3. The number of benzene rings is 1. The number of likely N-dealkylation sites (N-methyl/N-ethyl adjacent to an activating group) is 2. The van der Waals surface area contributed by atoms with Crippen LogP contribution >= 0.6 is 0 Å². The number of hydrogen-bond acceptors (Lipinski definition) is 3. The molecule has 0 atom stereocenters. The van der Waals surface area contributed by atoms with Gasteiger partial charge in [-0.1, -0.05) is 12.1 Å². The summed E-state index contributed by atoms with van der Waals surface area (Å²) in [5, 5.41) is 2.69. The van der Waals surface area contributed by atoms with Crippen molar-refractivity contribution in [3.05, 3.63) is 34.7 Å². The van der Waals surface area contributed by atoms with Gasteiger partial charge in [0.1, 0.15) is 0 Å². The molecule has 0 saturated carbocycles. The largest absolute Gasteiger partial charge is 0.355 e. The molecule has 0 fully saturated rings. The number of imidazole rings is 1. The predicted molar refractivity (Wildman–Crippen MR) is 97.4 cm³/mol. The average Bonchev–Trinajstić information content (AvgIpc) is 2.88. The van der Waals surface area contributed by atoms with Gasteiger partial charge in [0.15, 0.2) is 0 Å². The van der Waals surface area contributed by atoms with E-state index in [2.05, 4.69) is 5.32 Å². The lowest BCUT2D eigenvalue weighted by Crippen LogP contribution is -2.41. The van der Waals surface area contributed by atoms with Crippen LogP contribution < -0.4 is 11.0 Å². The first-order valence-electron chi connectivity index (χ1n) is 8.75. The molecule has 0 aliphatic carbocycles. The highest BCUT2D eigenvalue weighted by molar-refractivity contribution is 5.84. The zero-order valence-electron chi connectivity index (χ0n) is 15.1. The Labute approximate surface area is 147 Å². The van der Waals surface area contributed by atoms with Crippen molar-refractivity contribution < 1.29 is 9.59 Å². The summed E-state index contributed by atoms with van der Waals surface area (Å²) in [4.78, 5) is 38.2. The molecule has 0 unspecified atom stereocenters. The summed E-state index contributed by atoms with van der Waals surface area (Å²) >= 11 is 0. The van der Waals surface area contributed by atoms with Crippen molar-refractivity contribution in [3.63, 3.8) is 0 Å². The molecular weight excluding hydrogens is 320 g/mol. The van der Waals surface area contributed by atoms with E-state index in [1.165, 1.54) is 4.90 Å². The Bertz CT molecular complexity index is 806. The summed E-state index contributed by atoms with van der Waals surface area (Å²) in [7, 11) is 0. The topological polar surface area (TPSA) is 76.3 Å². The third-order valence-electron chi connectivity index (χ3n) is 4.23. The molecule has 2 rings (SSSR count). The Balaban J connectivity index is 2.14. The Hall–Kier alpha value is -2.57. The van der Waals surface area contributed by atoms with Crippen molar-refractivity contribution in [2.45, 2.75) is 40.3 Å². The minimum atomic E-state index is -0.169. The van der Waals surface area contributed by atoms with Crippen LogP contribution in [0, 0.1) is 0 Å². The van der Waals surface area contributed by atoms with Gasteiger partial charge in [0.25, 0.3) is 0 Å². The minimum absolute atomic E-state index is 0.0504. The predicted octanol–water partition coefficient (Wildman–Crippen LogP) is 1.20. The van der Waals surface area contributed by atoms with Crippen LogP contribution in [-0.2, 0) is 22.7 Å². The Morgan fingerprint density at radius 2 is 1.72 bits per heavy atom. The van der Waals surface area contributed by atoms with Crippen molar-refractivity contribution >= 4 is 22.8 Å². The fraction of sp³-hybridized carbons (Fsp3) is 0.500. The van der Waals surface area contributed by atoms with E-state index < -0.39 is 0 Å². The Kier molecular flexibility index (Phi) is 6.38. The number of hydrogen-bond donors (Lipinski definition) is 1. The molecule has 0 aliphatic heterocycles. The van der Waals surface area contributed by atoms with Gasteiger partial charge in [0.2, 0.25) is 11.8 Å². The highest BCUT2D eigenvalue weighted by atomic mass is 16.2. The summed E-state index contributed by atoms with van der Waals surface area (Å²) in [5.74, 6) is -0.300. The molecule has 0 saturated heterocycles. The van der Waals surface area contributed by atoms with E-state index in [0.29, 0.717) is 26.2 Å². The van der Waals surface area contributed by atoms with Crippen LogP contribution in [0.1, 0.15) is 27.2 Å². The normalized spacial score (nSPS) is 10.8. The molecule has 2 amide bonds. The molecule has 7 heteroatoms. The standard InChI is InChI=1S/C18H26N4O3/c1-4-19-16(23)13-20(5-2)17(24)11-12-22-15-10-8-7-9-14(15)21(6-3)18(22)25/h7-10H,4-6,11-13H2,1-3H3,(H,19,23). The molecule has 2 aromatic rings. The third kappa shape index (κ3) is 4.10. The van der Waals surface area contributed by atoms with Crippen LogP contribution in [0.3, 0.4) is 0 Å². The van der Waals surface area contributed by atoms with Gasteiger partial charge in [-0.3, -0.25) is 18.7 Å². The second kappa shape index (κ2) is 8.50.